The van der Waals surface area contributed by atoms with Crippen molar-refractivity contribution in [3.05, 3.63) is 23.0 Å². The zero-order chi connectivity index (χ0) is 18.2. The van der Waals surface area contributed by atoms with Crippen molar-refractivity contribution in [2.75, 3.05) is 6.54 Å². The van der Waals surface area contributed by atoms with Gasteiger partial charge in [0.25, 0.3) is 5.91 Å². The zero-order valence-electron chi connectivity index (χ0n) is 15.6. The Bertz CT molecular complexity index is 762. The Hall–Kier alpha value is -1.95. The van der Waals surface area contributed by atoms with E-state index in [-0.39, 0.29) is 11.8 Å². The Morgan fingerprint density at radius 1 is 1.38 bits per heavy atom. The number of nitrogens with zero attached hydrogens (tertiary/aromatic N) is 3. The van der Waals surface area contributed by atoms with Crippen LogP contribution in [-0.2, 0) is 7.05 Å². The number of fused-ring (bicyclic) bond motifs is 1. The summed E-state index contributed by atoms with van der Waals surface area (Å²) in [6.45, 7) is 12.0. The van der Waals surface area contributed by atoms with Crippen molar-refractivity contribution in [3.8, 4) is 0 Å². The summed E-state index contributed by atoms with van der Waals surface area (Å²) >= 11 is 0. The third kappa shape index (κ3) is 3.43. The van der Waals surface area contributed by atoms with Crippen LogP contribution in [0, 0.1) is 25.2 Å². The Balaban J connectivity index is 2.30. The van der Waals surface area contributed by atoms with Gasteiger partial charge in [-0.25, -0.2) is 4.98 Å². The van der Waals surface area contributed by atoms with Crippen molar-refractivity contribution < 1.29 is 9.90 Å². The molecule has 2 rings (SSSR count). The molecule has 0 saturated carbocycles. The summed E-state index contributed by atoms with van der Waals surface area (Å²) < 4.78 is 1.70. The van der Waals surface area contributed by atoms with Gasteiger partial charge in [0, 0.05) is 24.7 Å². The average molecular weight is 332 g/mol. The quantitative estimate of drug-likeness (QED) is 0.881. The van der Waals surface area contributed by atoms with Crippen LogP contribution in [0.25, 0.3) is 11.0 Å². The number of hydrogen-bond acceptors (Lipinski definition) is 4. The number of amides is 1. The number of carbonyl (C=O) groups excluding carboxylic acids is 1. The number of rotatable bonds is 5. The van der Waals surface area contributed by atoms with Gasteiger partial charge in [0.2, 0.25) is 0 Å². The van der Waals surface area contributed by atoms with E-state index in [2.05, 4.69) is 15.4 Å². The number of aryl methyl sites for hydroxylation is 3. The predicted octanol–water partition coefficient (Wildman–Crippen LogP) is 2.36. The zero-order valence-corrected chi connectivity index (χ0v) is 15.6. The summed E-state index contributed by atoms with van der Waals surface area (Å²) in [4.78, 5) is 17.2. The first kappa shape index (κ1) is 18.4. The summed E-state index contributed by atoms with van der Waals surface area (Å²) in [5.74, 6) is -0.0297. The molecule has 2 N–H and O–H groups in total. The summed E-state index contributed by atoms with van der Waals surface area (Å²) in [6, 6.07) is 1.79. The van der Waals surface area contributed by atoms with E-state index in [1.54, 1.807) is 10.7 Å². The first-order valence-electron chi connectivity index (χ1n) is 8.32. The highest BCUT2D eigenvalue weighted by Crippen LogP contribution is 2.26. The van der Waals surface area contributed by atoms with E-state index >= 15 is 0 Å². The number of nitrogens with one attached hydrogen (secondary N) is 1. The molecule has 2 aromatic rings. The fourth-order valence-electron chi connectivity index (χ4n) is 3.16. The first-order valence-corrected chi connectivity index (χ1v) is 8.32. The molecule has 6 nitrogen and oxygen atoms in total. The maximum Gasteiger partial charge on any atom is 0.252 e. The lowest BCUT2D eigenvalue weighted by Gasteiger charge is -2.33. The fourth-order valence-corrected chi connectivity index (χ4v) is 3.16. The molecule has 0 aliphatic heterocycles. The van der Waals surface area contributed by atoms with Crippen LogP contribution in [0.15, 0.2) is 6.07 Å². The number of aliphatic hydroxyl groups is 1. The van der Waals surface area contributed by atoms with Crippen LogP contribution in [-0.4, -0.2) is 38.4 Å². The third-order valence-electron chi connectivity index (χ3n) is 4.48. The van der Waals surface area contributed by atoms with Gasteiger partial charge in [-0.05, 0) is 25.8 Å². The molecule has 0 radical (unpaired) electrons. The summed E-state index contributed by atoms with van der Waals surface area (Å²) in [5, 5.41) is 18.4. The van der Waals surface area contributed by atoms with Gasteiger partial charge in [-0.15, -0.1) is 0 Å². The maximum atomic E-state index is 12.8. The maximum absolute atomic E-state index is 12.8. The number of aromatic nitrogens is 3. The summed E-state index contributed by atoms with van der Waals surface area (Å²) in [7, 11) is 1.82. The molecule has 0 aliphatic carbocycles. The standard InChI is InChI=1S/C18H28N4O2/c1-10(2)15(23)18(5,6)9-19-17(24)13-8-11(3)20-16-14(13)12(4)21-22(16)7/h8,10,15,23H,9H2,1-7H3,(H,19,24). The van der Waals surface area contributed by atoms with Crippen molar-refractivity contribution in [3.63, 3.8) is 0 Å². The largest absolute Gasteiger partial charge is 0.392 e. The van der Waals surface area contributed by atoms with E-state index in [9.17, 15) is 9.90 Å². The van der Waals surface area contributed by atoms with Gasteiger partial charge in [0.15, 0.2) is 5.65 Å². The number of pyridine rings is 1. The predicted molar refractivity (Wildman–Crippen MR) is 94.9 cm³/mol. The normalized spacial score (nSPS) is 13.5. The van der Waals surface area contributed by atoms with Crippen LogP contribution in [0.1, 0.15) is 49.4 Å². The van der Waals surface area contributed by atoms with E-state index in [1.807, 2.05) is 48.6 Å². The number of aliphatic hydroxyl groups excluding tert-OH is 1. The average Bonchev–Trinajstić information content (AvgIpc) is 2.77. The lowest BCUT2D eigenvalue weighted by Crippen LogP contribution is -2.43. The smallest absolute Gasteiger partial charge is 0.252 e. The van der Waals surface area contributed by atoms with E-state index in [0.29, 0.717) is 17.8 Å². The van der Waals surface area contributed by atoms with Gasteiger partial charge in [0.05, 0.1) is 22.7 Å². The van der Waals surface area contributed by atoms with Crippen molar-refractivity contribution in [2.45, 2.75) is 47.6 Å². The minimum atomic E-state index is -0.489. The van der Waals surface area contributed by atoms with E-state index in [1.165, 1.54) is 0 Å². The second kappa shape index (κ2) is 6.51. The molecule has 2 heterocycles. The Morgan fingerprint density at radius 2 is 2.00 bits per heavy atom. The third-order valence-corrected chi connectivity index (χ3v) is 4.48. The highest BCUT2D eigenvalue weighted by atomic mass is 16.3. The molecule has 1 amide bonds. The van der Waals surface area contributed by atoms with Crippen LogP contribution >= 0.6 is 0 Å². The molecule has 2 aromatic heterocycles. The minimum absolute atomic E-state index is 0.132. The van der Waals surface area contributed by atoms with Gasteiger partial charge in [0.1, 0.15) is 0 Å². The first-order chi connectivity index (χ1) is 11.0. The van der Waals surface area contributed by atoms with Gasteiger partial charge < -0.3 is 10.4 Å². The molecule has 0 spiro atoms. The van der Waals surface area contributed by atoms with Crippen LogP contribution in [0.2, 0.25) is 0 Å². The van der Waals surface area contributed by atoms with Crippen molar-refractivity contribution in [1.29, 1.82) is 0 Å². The molecule has 132 valence electrons. The Morgan fingerprint density at radius 3 is 2.58 bits per heavy atom. The molecule has 0 bridgehead atoms. The van der Waals surface area contributed by atoms with Gasteiger partial charge in [-0.2, -0.15) is 5.10 Å². The second-order valence-corrected chi connectivity index (χ2v) is 7.58. The summed E-state index contributed by atoms with van der Waals surface area (Å²) in [6.07, 6.45) is -0.489. The van der Waals surface area contributed by atoms with Crippen LogP contribution < -0.4 is 5.32 Å². The van der Waals surface area contributed by atoms with E-state index in [4.69, 9.17) is 0 Å². The fraction of sp³-hybridized carbons (Fsp3) is 0.611. The number of hydrogen-bond donors (Lipinski definition) is 2. The molecular formula is C18H28N4O2. The number of carbonyl (C=O) groups is 1. The molecule has 1 unspecified atom stereocenters. The lowest BCUT2D eigenvalue weighted by atomic mass is 9.80. The van der Waals surface area contributed by atoms with Crippen molar-refractivity contribution >= 4 is 16.9 Å². The molecule has 0 aromatic carbocycles. The highest BCUT2D eigenvalue weighted by Gasteiger charge is 2.31. The molecule has 1 atom stereocenters. The molecule has 0 saturated heterocycles. The Kier molecular flexibility index (Phi) is 4.99. The molecule has 0 fully saturated rings. The van der Waals surface area contributed by atoms with Crippen molar-refractivity contribution in [2.24, 2.45) is 18.4 Å². The molecular weight excluding hydrogens is 304 g/mol. The minimum Gasteiger partial charge on any atom is -0.392 e. The second-order valence-electron chi connectivity index (χ2n) is 7.58. The van der Waals surface area contributed by atoms with Crippen LogP contribution in [0.3, 0.4) is 0 Å². The highest BCUT2D eigenvalue weighted by molar-refractivity contribution is 6.06. The monoisotopic (exact) mass is 332 g/mol. The molecule has 0 aliphatic rings. The van der Waals surface area contributed by atoms with Gasteiger partial charge >= 0.3 is 0 Å². The van der Waals surface area contributed by atoms with E-state index < -0.39 is 11.5 Å². The molecule has 24 heavy (non-hydrogen) atoms. The Labute approximate surface area is 143 Å². The van der Waals surface area contributed by atoms with Crippen LogP contribution in [0.4, 0.5) is 0 Å². The SMILES string of the molecule is Cc1cc(C(=O)NCC(C)(C)C(O)C(C)C)c2c(C)nn(C)c2n1. The lowest BCUT2D eigenvalue weighted by molar-refractivity contribution is 0.0138. The summed E-state index contributed by atoms with van der Waals surface area (Å²) in [5.41, 5.74) is 2.44. The van der Waals surface area contributed by atoms with Crippen molar-refractivity contribution in [1.82, 2.24) is 20.1 Å². The molecule has 6 heteroatoms. The van der Waals surface area contributed by atoms with E-state index in [0.717, 1.165) is 16.8 Å². The van der Waals surface area contributed by atoms with Crippen LogP contribution in [0.5, 0.6) is 0 Å². The van der Waals surface area contributed by atoms with Gasteiger partial charge in [-0.1, -0.05) is 27.7 Å². The van der Waals surface area contributed by atoms with Gasteiger partial charge in [-0.3, -0.25) is 9.48 Å². The topological polar surface area (TPSA) is 80.0 Å².